The lowest BCUT2D eigenvalue weighted by Gasteiger charge is -2.09. The molecule has 0 bridgehead atoms. The number of nitrogens with zero attached hydrogens (tertiary/aromatic N) is 1. The minimum Gasteiger partial charge on any atom is -0.484 e. The summed E-state index contributed by atoms with van der Waals surface area (Å²) in [6.07, 6.45) is 1.46. The smallest absolute Gasteiger partial charge is 0.373 e. The molecular formula is C25H20FN3O7. The number of carbonyl (C=O) groups excluding carboxylic acids is 4. The van der Waals surface area contributed by atoms with Crippen molar-refractivity contribution >= 4 is 35.6 Å². The summed E-state index contributed by atoms with van der Waals surface area (Å²) in [5.41, 5.74) is 0.869. The van der Waals surface area contributed by atoms with Crippen molar-refractivity contribution in [3.05, 3.63) is 89.3 Å². The SMILES string of the molecule is COC(=O)c1ccc(CN2C(=O)NC(=Cc3cccc(OCC(=O)Nc4cccc(F)c4)c3)C2=O)o1. The normalized spacial score (nSPS) is 14.1. The predicted octanol–water partition coefficient (Wildman–Crippen LogP) is 3.32. The summed E-state index contributed by atoms with van der Waals surface area (Å²) < 4.78 is 28.6. The number of halogens is 1. The van der Waals surface area contributed by atoms with Crippen LogP contribution in [-0.4, -0.2) is 42.4 Å². The highest BCUT2D eigenvalue weighted by molar-refractivity contribution is 6.13. The van der Waals surface area contributed by atoms with Crippen molar-refractivity contribution in [2.24, 2.45) is 0 Å². The van der Waals surface area contributed by atoms with Crippen LogP contribution >= 0.6 is 0 Å². The van der Waals surface area contributed by atoms with Crippen LogP contribution in [0.1, 0.15) is 21.9 Å². The number of rotatable bonds is 8. The molecule has 0 spiro atoms. The molecule has 36 heavy (non-hydrogen) atoms. The average molecular weight is 493 g/mol. The molecule has 2 N–H and O–H groups in total. The van der Waals surface area contributed by atoms with Crippen LogP contribution in [0.15, 0.2) is 70.8 Å². The van der Waals surface area contributed by atoms with Crippen LogP contribution in [0.25, 0.3) is 6.08 Å². The van der Waals surface area contributed by atoms with Gasteiger partial charge in [-0.25, -0.2) is 14.0 Å². The van der Waals surface area contributed by atoms with Gasteiger partial charge in [0.1, 0.15) is 23.0 Å². The van der Waals surface area contributed by atoms with Gasteiger partial charge in [-0.15, -0.1) is 0 Å². The van der Waals surface area contributed by atoms with E-state index in [1.807, 2.05) is 0 Å². The molecule has 11 heteroatoms. The van der Waals surface area contributed by atoms with Gasteiger partial charge in [0, 0.05) is 5.69 Å². The van der Waals surface area contributed by atoms with E-state index in [1.165, 1.54) is 43.5 Å². The number of anilines is 1. The lowest BCUT2D eigenvalue weighted by atomic mass is 10.2. The van der Waals surface area contributed by atoms with E-state index in [4.69, 9.17) is 9.15 Å². The Balaban J connectivity index is 1.38. The first-order valence-electron chi connectivity index (χ1n) is 10.6. The van der Waals surface area contributed by atoms with Crippen molar-refractivity contribution < 1.29 is 37.5 Å². The minimum atomic E-state index is -0.674. The summed E-state index contributed by atoms with van der Waals surface area (Å²) in [6, 6.07) is 14.2. The molecule has 1 saturated heterocycles. The Morgan fingerprint density at radius 2 is 1.92 bits per heavy atom. The molecular weight excluding hydrogens is 473 g/mol. The van der Waals surface area contributed by atoms with Crippen LogP contribution in [-0.2, 0) is 20.9 Å². The highest BCUT2D eigenvalue weighted by atomic mass is 19.1. The van der Waals surface area contributed by atoms with Gasteiger partial charge in [0.15, 0.2) is 6.61 Å². The molecule has 0 radical (unpaired) electrons. The Hall–Kier alpha value is -4.93. The fourth-order valence-electron chi connectivity index (χ4n) is 3.32. The summed E-state index contributed by atoms with van der Waals surface area (Å²) in [7, 11) is 1.21. The Kier molecular flexibility index (Phi) is 7.10. The molecule has 184 valence electrons. The third-order valence-electron chi connectivity index (χ3n) is 4.97. The molecule has 0 unspecified atom stereocenters. The molecule has 2 heterocycles. The number of benzene rings is 2. The predicted molar refractivity (Wildman–Crippen MR) is 124 cm³/mol. The molecule has 1 fully saturated rings. The fraction of sp³-hybridized carbons (Fsp3) is 0.120. The van der Waals surface area contributed by atoms with E-state index in [-0.39, 0.29) is 30.4 Å². The number of amides is 4. The number of nitrogens with one attached hydrogen (secondary N) is 2. The zero-order chi connectivity index (χ0) is 25.7. The molecule has 4 amide bonds. The van der Waals surface area contributed by atoms with Crippen molar-refractivity contribution in [3.8, 4) is 5.75 Å². The summed E-state index contributed by atoms with van der Waals surface area (Å²) in [5.74, 6) is -1.69. The number of carbonyl (C=O) groups is 4. The second-order valence-corrected chi connectivity index (χ2v) is 7.56. The van der Waals surface area contributed by atoms with Gasteiger partial charge in [-0.3, -0.25) is 14.5 Å². The van der Waals surface area contributed by atoms with Crippen LogP contribution in [0.3, 0.4) is 0 Å². The van der Waals surface area contributed by atoms with Crippen LogP contribution in [0.2, 0.25) is 0 Å². The van der Waals surface area contributed by atoms with Crippen molar-refractivity contribution in [2.45, 2.75) is 6.54 Å². The average Bonchev–Trinajstić information content (AvgIpc) is 3.43. The topological polar surface area (TPSA) is 127 Å². The largest absolute Gasteiger partial charge is 0.484 e. The Bertz CT molecular complexity index is 1360. The number of methoxy groups -OCH3 is 1. The van der Waals surface area contributed by atoms with E-state index in [2.05, 4.69) is 15.4 Å². The third kappa shape index (κ3) is 5.76. The molecule has 0 atom stereocenters. The van der Waals surface area contributed by atoms with Gasteiger partial charge in [-0.1, -0.05) is 18.2 Å². The highest BCUT2D eigenvalue weighted by Gasteiger charge is 2.34. The number of esters is 1. The van der Waals surface area contributed by atoms with Crippen molar-refractivity contribution in [3.63, 3.8) is 0 Å². The fourth-order valence-corrected chi connectivity index (χ4v) is 3.32. The van der Waals surface area contributed by atoms with E-state index in [1.54, 1.807) is 30.3 Å². The van der Waals surface area contributed by atoms with E-state index >= 15 is 0 Å². The first kappa shape index (κ1) is 24.2. The first-order chi connectivity index (χ1) is 17.3. The van der Waals surface area contributed by atoms with Gasteiger partial charge in [-0.2, -0.15) is 0 Å². The zero-order valence-corrected chi connectivity index (χ0v) is 18.9. The van der Waals surface area contributed by atoms with E-state index < -0.39 is 29.6 Å². The molecule has 1 aliphatic rings. The number of ether oxygens (including phenoxy) is 2. The molecule has 2 aromatic carbocycles. The van der Waals surface area contributed by atoms with Crippen molar-refractivity contribution in [1.82, 2.24) is 10.2 Å². The first-order valence-corrected chi connectivity index (χ1v) is 10.6. The van der Waals surface area contributed by atoms with Crippen LogP contribution in [0.5, 0.6) is 5.75 Å². The minimum absolute atomic E-state index is 0.0285. The van der Waals surface area contributed by atoms with Crippen molar-refractivity contribution in [2.75, 3.05) is 19.0 Å². The van der Waals surface area contributed by atoms with Gasteiger partial charge in [0.2, 0.25) is 5.76 Å². The maximum Gasteiger partial charge on any atom is 0.373 e. The quantitative estimate of drug-likeness (QED) is 0.280. The van der Waals surface area contributed by atoms with Crippen molar-refractivity contribution in [1.29, 1.82) is 0 Å². The number of hydrogen-bond acceptors (Lipinski definition) is 7. The Morgan fingerprint density at radius 1 is 1.11 bits per heavy atom. The van der Waals surface area contributed by atoms with Gasteiger partial charge in [0.25, 0.3) is 11.8 Å². The third-order valence-corrected chi connectivity index (χ3v) is 4.97. The highest BCUT2D eigenvalue weighted by Crippen LogP contribution is 2.21. The van der Waals surface area contributed by atoms with Gasteiger partial charge in [0.05, 0.1) is 13.7 Å². The molecule has 1 aromatic heterocycles. The van der Waals surface area contributed by atoms with Crippen LogP contribution in [0.4, 0.5) is 14.9 Å². The number of urea groups is 1. The van der Waals surface area contributed by atoms with Crippen LogP contribution in [0, 0.1) is 5.82 Å². The maximum atomic E-state index is 13.2. The van der Waals surface area contributed by atoms with E-state index in [0.29, 0.717) is 17.0 Å². The second-order valence-electron chi connectivity index (χ2n) is 7.56. The number of hydrogen-bond donors (Lipinski definition) is 2. The zero-order valence-electron chi connectivity index (χ0n) is 18.9. The summed E-state index contributed by atoms with van der Waals surface area (Å²) in [4.78, 5) is 49.6. The van der Waals surface area contributed by atoms with Crippen LogP contribution < -0.4 is 15.4 Å². The summed E-state index contributed by atoms with van der Waals surface area (Å²) in [5, 5.41) is 5.02. The monoisotopic (exact) mass is 493 g/mol. The van der Waals surface area contributed by atoms with Gasteiger partial charge < -0.3 is 24.5 Å². The summed E-state index contributed by atoms with van der Waals surface area (Å²) in [6.45, 7) is -0.501. The molecule has 0 aliphatic carbocycles. The second kappa shape index (κ2) is 10.6. The lowest BCUT2D eigenvalue weighted by Crippen LogP contribution is -2.30. The van der Waals surface area contributed by atoms with E-state index in [9.17, 15) is 23.6 Å². The maximum absolute atomic E-state index is 13.2. The molecule has 1 aliphatic heterocycles. The molecule has 4 rings (SSSR count). The van der Waals surface area contributed by atoms with Gasteiger partial charge in [-0.05, 0) is 54.1 Å². The molecule has 0 saturated carbocycles. The Labute approximate surface area is 204 Å². The van der Waals surface area contributed by atoms with Gasteiger partial charge >= 0.3 is 12.0 Å². The lowest BCUT2D eigenvalue weighted by molar-refractivity contribution is -0.123. The number of imide groups is 1. The standard InChI is InChI=1S/C25H20FN3O7/c1-34-24(32)21-9-8-19(36-21)13-29-23(31)20(28-25(29)33)11-15-4-2-7-18(10-15)35-14-22(30)27-17-6-3-5-16(26)12-17/h2-12H,13-14H2,1H3,(H,27,30)(H,28,33). The number of furan rings is 1. The van der Waals surface area contributed by atoms with E-state index in [0.717, 1.165) is 4.90 Å². The summed E-state index contributed by atoms with van der Waals surface area (Å²) >= 11 is 0. The Morgan fingerprint density at radius 3 is 2.69 bits per heavy atom. The molecule has 10 nitrogen and oxygen atoms in total. The molecule has 3 aromatic rings.